The zero-order valence-electron chi connectivity index (χ0n) is 17.8. The summed E-state index contributed by atoms with van der Waals surface area (Å²) in [4.78, 5) is 26.4. The molecule has 0 bridgehead atoms. The summed E-state index contributed by atoms with van der Waals surface area (Å²) in [6.07, 6.45) is 2.01. The van der Waals surface area contributed by atoms with Crippen molar-refractivity contribution in [2.45, 2.75) is 12.3 Å². The van der Waals surface area contributed by atoms with Crippen LogP contribution in [0.3, 0.4) is 0 Å². The van der Waals surface area contributed by atoms with E-state index in [0.717, 1.165) is 5.69 Å². The minimum atomic E-state index is -0.409. The van der Waals surface area contributed by atoms with Crippen molar-refractivity contribution in [1.29, 1.82) is 0 Å². The number of nitrogens with zero attached hydrogens (tertiary/aromatic N) is 3. The van der Waals surface area contributed by atoms with Gasteiger partial charge in [-0.25, -0.2) is 9.89 Å². The number of rotatable bonds is 4. The number of nitrogens with one attached hydrogen (secondary N) is 1. The maximum Gasteiger partial charge on any atom is 0.346 e. The van der Waals surface area contributed by atoms with Crippen molar-refractivity contribution in [3.05, 3.63) is 64.2 Å². The monoisotopic (exact) mass is 433 g/mol. The average molecular weight is 433 g/mol. The summed E-state index contributed by atoms with van der Waals surface area (Å²) in [6, 6.07) is 7.19. The van der Waals surface area contributed by atoms with Crippen LogP contribution >= 0.6 is 0 Å². The summed E-state index contributed by atoms with van der Waals surface area (Å²) >= 11 is 0. The number of amides is 1. The summed E-state index contributed by atoms with van der Waals surface area (Å²) in [7, 11) is 3.14. The highest BCUT2D eigenvalue weighted by Crippen LogP contribution is 2.31. The molecule has 1 amide bonds. The van der Waals surface area contributed by atoms with E-state index in [0.29, 0.717) is 47.7 Å². The predicted molar refractivity (Wildman–Crippen MR) is 120 cm³/mol. The number of nitrogens with two attached hydrogens (primary N) is 1. The highest BCUT2D eigenvalue weighted by Gasteiger charge is 2.29. The second-order valence-corrected chi connectivity index (χ2v) is 7.41. The molecule has 164 valence electrons. The average Bonchev–Trinajstić information content (AvgIpc) is 3.45. The lowest BCUT2D eigenvalue weighted by Gasteiger charge is -2.14. The number of likely N-dealkylation sites (tertiary alicyclic amines) is 1. The van der Waals surface area contributed by atoms with Gasteiger partial charge in [0.1, 0.15) is 17.0 Å². The summed E-state index contributed by atoms with van der Waals surface area (Å²) < 4.78 is 12.1. The topological polar surface area (TPSA) is 115 Å². The quantitative estimate of drug-likeness (QED) is 0.476. The van der Waals surface area contributed by atoms with Crippen molar-refractivity contribution >= 4 is 17.2 Å². The molecule has 4 rings (SSSR count). The standard InChI is InChI=1S/C23H23N5O4/c1-4-20(29)27-8-7-16(13-27)19-11-15(21-22(24)25-26-23(30)28(19)21)6-5-14-9-17(31-2)12-18(10-14)32-3/h4,9-12,16H,1,7-8,13H2,2-3H3,(H2,24,25)(H,26,30)/t16-/m0/s1. The number of aromatic nitrogens is 3. The minimum absolute atomic E-state index is 0.0400. The Balaban J connectivity index is 1.80. The van der Waals surface area contributed by atoms with Gasteiger partial charge in [0.2, 0.25) is 5.91 Å². The van der Waals surface area contributed by atoms with Crippen LogP contribution in [0.5, 0.6) is 11.5 Å². The van der Waals surface area contributed by atoms with Gasteiger partial charge in [-0.2, -0.15) is 5.10 Å². The second-order valence-electron chi connectivity index (χ2n) is 7.41. The van der Waals surface area contributed by atoms with Crippen molar-refractivity contribution < 1.29 is 14.3 Å². The van der Waals surface area contributed by atoms with Crippen LogP contribution in [0.25, 0.3) is 5.52 Å². The Labute approximate surface area is 184 Å². The van der Waals surface area contributed by atoms with Gasteiger partial charge >= 0.3 is 5.69 Å². The van der Waals surface area contributed by atoms with E-state index >= 15 is 0 Å². The Hall–Kier alpha value is -4.19. The van der Waals surface area contributed by atoms with Crippen molar-refractivity contribution in [2.24, 2.45) is 0 Å². The molecule has 3 N–H and O–H groups in total. The van der Waals surface area contributed by atoms with Gasteiger partial charge in [0.05, 0.1) is 19.8 Å². The molecule has 1 fully saturated rings. The van der Waals surface area contributed by atoms with Crippen LogP contribution in [0.4, 0.5) is 5.82 Å². The van der Waals surface area contributed by atoms with Gasteiger partial charge in [0.15, 0.2) is 5.82 Å². The first-order valence-corrected chi connectivity index (χ1v) is 10.0. The molecule has 2 aromatic heterocycles. The number of nitrogen functional groups attached to an aromatic ring is 1. The van der Waals surface area contributed by atoms with Crippen molar-refractivity contribution in [2.75, 3.05) is 33.0 Å². The number of H-pyrrole nitrogens is 1. The van der Waals surface area contributed by atoms with Crippen molar-refractivity contribution in [1.82, 2.24) is 19.5 Å². The molecule has 1 saturated heterocycles. The van der Waals surface area contributed by atoms with E-state index in [1.54, 1.807) is 37.3 Å². The molecule has 3 heterocycles. The maximum absolute atomic E-state index is 12.6. The van der Waals surface area contributed by atoms with Crippen LogP contribution < -0.4 is 20.9 Å². The van der Waals surface area contributed by atoms with Crippen molar-refractivity contribution in [3.63, 3.8) is 0 Å². The summed E-state index contributed by atoms with van der Waals surface area (Å²) in [5.41, 5.74) is 8.14. The smallest absolute Gasteiger partial charge is 0.346 e. The predicted octanol–water partition coefficient (Wildman–Crippen LogP) is 1.52. The number of benzene rings is 1. The molecule has 32 heavy (non-hydrogen) atoms. The van der Waals surface area contributed by atoms with Gasteiger partial charge in [0, 0.05) is 36.3 Å². The van der Waals surface area contributed by atoms with Gasteiger partial charge < -0.3 is 20.1 Å². The third-order valence-electron chi connectivity index (χ3n) is 5.53. The van der Waals surface area contributed by atoms with E-state index in [1.807, 2.05) is 6.07 Å². The third kappa shape index (κ3) is 3.78. The minimum Gasteiger partial charge on any atom is -0.497 e. The highest BCUT2D eigenvalue weighted by molar-refractivity contribution is 5.87. The lowest BCUT2D eigenvalue weighted by Crippen LogP contribution is -2.27. The van der Waals surface area contributed by atoms with Gasteiger partial charge in [0.25, 0.3) is 0 Å². The Kier molecular flexibility index (Phi) is 5.60. The Morgan fingerprint density at radius 2 is 1.97 bits per heavy atom. The Bertz CT molecular complexity index is 1310. The molecule has 1 aliphatic rings. The first kappa shape index (κ1) is 21.1. The molecule has 9 heteroatoms. The number of ether oxygens (including phenoxy) is 2. The highest BCUT2D eigenvalue weighted by atomic mass is 16.5. The molecule has 1 aliphatic heterocycles. The largest absolute Gasteiger partial charge is 0.497 e. The van der Waals surface area contributed by atoms with Crippen LogP contribution in [0.15, 0.2) is 41.7 Å². The normalized spacial score (nSPS) is 15.3. The molecule has 1 atom stereocenters. The zero-order chi connectivity index (χ0) is 22.8. The number of aromatic amines is 1. The van der Waals surface area contributed by atoms with Gasteiger partial charge in [-0.05, 0) is 30.7 Å². The van der Waals surface area contributed by atoms with Crippen LogP contribution in [0, 0.1) is 11.8 Å². The lowest BCUT2D eigenvalue weighted by molar-refractivity contribution is -0.125. The Morgan fingerprint density at radius 3 is 2.62 bits per heavy atom. The molecular formula is C23H23N5O4. The van der Waals surface area contributed by atoms with Crippen LogP contribution in [0.2, 0.25) is 0 Å². The van der Waals surface area contributed by atoms with Gasteiger partial charge in [-0.15, -0.1) is 0 Å². The summed E-state index contributed by atoms with van der Waals surface area (Å²) in [5.74, 6) is 7.44. The molecule has 0 saturated carbocycles. The molecule has 0 radical (unpaired) electrons. The number of carbonyl (C=O) groups excluding carboxylic acids is 1. The number of fused-ring (bicyclic) bond motifs is 1. The Morgan fingerprint density at radius 1 is 1.25 bits per heavy atom. The van der Waals surface area contributed by atoms with E-state index in [-0.39, 0.29) is 17.6 Å². The maximum atomic E-state index is 12.6. The number of carbonyl (C=O) groups is 1. The lowest BCUT2D eigenvalue weighted by atomic mass is 10.0. The van der Waals surface area contributed by atoms with Gasteiger partial charge in [-0.3, -0.25) is 9.20 Å². The van der Waals surface area contributed by atoms with Crippen LogP contribution in [-0.2, 0) is 4.79 Å². The molecule has 0 spiro atoms. The molecule has 0 aliphatic carbocycles. The summed E-state index contributed by atoms with van der Waals surface area (Å²) in [5, 5.41) is 6.33. The first-order chi connectivity index (χ1) is 15.4. The number of anilines is 1. The fraction of sp³-hybridized carbons (Fsp3) is 0.261. The fourth-order valence-corrected chi connectivity index (χ4v) is 3.96. The zero-order valence-corrected chi connectivity index (χ0v) is 17.8. The molecule has 0 unspecified atom stereocenters. The van der Waals surface area contributed by atoms with Crippen LogP contribution in [0.1, 0.15) is 29.2 Å². The number of hydrogen-bond acceptors (Lipinski definition) is 6. The molecular weight excluding hydrogens is 410 g/mol. The summed E-state index contributed by atoms with van der Waals surface area (Å²) in [6.45, 7) is 4.62. The SMILES string of the molecule is C=CC(=O)N1CC[C@H](c2cc(C#Cc3cc(OC)cc(OC)c3)c3c(N)n[nH]c(=O)n23)C1. The first-order valence-electron chi connectivity index (χ1n) is 10.0. The molecule has 1 aromatic carbocycles. The number of hydrogen-bond donors (Lipinski definition) is 2. The van der Waals surface area contributed by atoms with E-state index < -0.39 is 5.69 Å². The second kappa shape index (κ2) is 8.51. The molecule has 3 aromatic rings. The van der Waals surface area contributed by atoms with Gasteiger partial charge in [-0.1, -0.05) is 18.4 Å². The van der Waals surface area contributed by atoms with E-state index in [1.165, 1.54) is 10.5 Å². The third-order valence-corrected chi connectivity index (χ3v) is 5.53. The number of methoxy groups -OCH3 is 2. The fourth-order valence-electron chi connectivity index (χ4n) is 3.96. The van der Waals surface area contributed by atoms with Crippen molar-refractivity contribution in [3.8, 4) is 23.3 Å². The molecule has 9 nitrogen and oxygen atoms in total. The van der Waals surface area contributed by atoms with E-state index in [9.17, 15) is 9.59 Å². The van der Waals surface area contributed by atoms with E-state index in [4.69, 9.17) is 15.2 Å². The van der Waals surface area contributed by atoms with Crippen LogP contribution in [-0.4, -0.2) is 52.7 Å². The van der Waals surface area contributed by atoms with E-state index in [2.05, 4.69) is 28.6 Å².